The number of aromatic nitrogens is 3. The fourth-order valence-electron chi connectivity index (χ4n) is 3.55. The van der Waals surface area contributed by atoms with E-state index in [-0.39, 0.29) is 5.41 Å². The van der Waals surface area contributed by atoms with Crippen molar-refractivity contribution in [1.29, 1.82) is 0 Å². The first-order valence-electron chi connectivity index (χ1n) is 9.42. The lowest BCUT2D eigenvalue weighted by Gasteiger charge is -2.22. The van der Waals surface area contributed by atoms with Crippen LogP contribution >= 0.6 is 0 Å². The number of para-hydroxylation sites is 1. The Morgan fingerprint density at radius 3 is 2.41 bits per heavy atom. The molecule has 27 heavy (non-hydrogen) atoms. The van der Waals surface area contributed by atoms with Crippen LogP contribution in [0.5, 0.6) is 0 Å². The molecule has 0 atom stereocenters. The molecule has 0 radical (unpaired) electrons. The Balaban J connectivity index is 2.05. The average Bonchev–Trinajstić information content (AvgIpc) is 3.06. The van der Waals surface area contributed by atoms with Gasteiger partial charge in [0, 0.05) is 36.1 Å². The van der Waals surface area contributed by atoms with Gasteiger partial charge in [0.05, 0.1) is 17.4 Å². The normalized spacial score (nSPS) is 11.9. The van der Waals surface area contributed by atoms with E-state index >= 15 is 0 Å². The Labute approximate surface area is 160 Å². The van der Waals surface area contributed by atoms with Crippen LogP contribution in [0.2, 0.25) is 0 Å². The van der Waals surface area contributed by atoms with Crippen LogP contribution in [0.4, 0.5) is 0 Å². The van der Waals surface area contributed by atoms with Crippen molar-refractivity contribution in [2.24, 2.45) is 0 Å². The first-order chi connectivity index (χ1) is 12.9. The molecule has 4 rings (SSSR count). The third kappa shape index (κ3) is 3.03. The Hall–Kier alpha value is -2.94. The third-order valence-electron chi connectivity index (χ3n) is 5.25. The fourth-order valence-corrected chi connectivity index (χ4v) is 3.55. The lowest BCUT2D eigenvalue weighted by atomic mass is 9.85. The summed E-state index contributed by atoms with van der Waals surface area (Å²) in [4.78, 5) is 0. The molecule has 4 aromatic rings. The molecule has 2 aromatic heterocycles. The van der Waals surface area contributed by atoms with Crippen LogP contribution in [-0.2, 0) is 5.41 Å². The lowest BCUT2D eigenvalue weighted by molar-refractivity contribution is -0.603. The van der Waals surface area contributed by atoms with E-state index in [1.54, 1.807) is 0 Å². The summed E-state index contributed by atoms with van der Waals surface area (Å²) in [6.07, 6.45) is 4.08. The molecule has 0 saturated carbocycles. The number of hydrogen-bond donors (Lipinski definition) is 0. The molecule has 136 valence electrons. The predicted octanol–water partition coefficient (Wildman–Crippen LogP) is 5.22. The summed E-state index contributed by atoms with van der Waals surface area (Å²) >= 11 is 0. The van der Waals surface area contributed by atoms with Crippen molar-refractivity contribution in [3.8, 4) is 11.4 Å². The lowest BCUT2D eigenvalue weighted by Crippen LogP contribution is -2.35. The highest BCUT2D eigenvalue weighted by molar-refractivity contribution is 5.80. The minimum atomic E-state index is 0.0450. The smallest absolute Gasteiger partial charge is 0.216 e. The third-order valence-corrected chi connectivity index (χ3v) is 5.25. The topological polar surface area (TPSA) is 21.7 Å². The van der Waals surface area contributed by atoms with Gasteiger partial charge in [0.15, 0.2) is 11.9 Å². The van der Waals surface area contributed by atoms with E-state index in [1.165, 1.54) is 22.5 Å². The molecule has 0 N–H and O–H groups in total. The van der Waals surface area contributed by atoms with Crippen LogP contribution in [0.1, 0.15) is 37.6 Å². The molecule has 0 spiro atoms. The number of aryl methyl sites for hydroxylation is 1. The largest absolute Gasteiger partial charge is 0.233 e. The van der Waals surface area contributed by atoms with Crippen LogP contribution in [0.3, 0.4) is 0 Å². The molecule has 3 nitrogen and oxygen atoms in total. The van der Waals surface area contributed by atoms with E-state index in [1.807, 2.05) is 6.20 Å². The molecule has 0 bridgehead atoms. The molecule has 2 heterocycles. The van der Waals surface area contributed by atoms with Crippen LogP contribution in [0.25, 0.3) is 22.3 Å². The molecule has 0 aliphatic heterocycles. The second-order valence-corrected chi connectivity index (χ2v) is 8.22. The SMILES string of the molecule is Cc1c(-n2ncc3ccccc32)cc(C(C)(C)C)cc1-[n+]1ccccc1C. The minimum Gasteiger partial charge on any atom is -0.233 e. The van der Waals surface area contributed by atoms with Gasteiger partial charge in [0.1, 0.15) is 0 Å². The molecule has 0 unspecified atom stereocenters. The fraction of sp³-hybridized carbons (Fsp3) is 0.250. The van der Waals surface area contributed by atoms with E-state index in [0.717, 1.165) is 16.6 Å². The number of benzene rings is 2. The maximum absolute atomic E-state index is 4.71. The molecule has 0 amide bonds. The van der Waals surface area contributed by atoms with Crippen molar-refractivity contribution >= 4 is 10.9 Å². The van der Waals surface area contributed by atoms with Crippen molar-refractivity contribution in [2.45, 2.75) is 40.0 Å². The summed E-state index contributed by atoms with van der Waals surface area (Å²) < 4.78 is 4.34. The number of nitrogens with zero attached hydrogens (tertiary/aromatic N) is 3. The van der Waals surface area contributed by atoms with Crippen LogP contribution in [0, 0.1) is 13.8 Å². The molecule has 3 heteroatoms. The first kappa shape index (κ1) is 17.5. The van der Waals surface area contributed by atoms with Gasteiger partial charge in [0.2, 0.25) is 5.69 Å². The van der Waals surface area contributed by atoms with Crippen molar-refractivity contribution < 1.29 is 4.57 Å². The zero-order valence-corrected chi connectivity index (χ0v) is 16.7. The average molecular weight is 356 g/mol. The van der Waals surface area contributed by atoms with Crippen molar-refractivity contribution in [2.75, 3.05) is 0 Å². The Morgan fingerprint density at radius 1 is 0.926 bits per heavy atom. The van der Waals surface area contributed by atoms with E-state index in [9.17, 15) is 0 Å². The number of pyridine rings is 1. The maximum Gasteiger partial charge on any atom is 0.216 e. The number of fused-ring (bicyclic) bond motifs is 1. The Kier molecular flexibility index (Phi) is 4.11. The summed E-state index contributed by atoms with van der Waals surface area (Å²) in [5.74, 6) is 0. The minimum absolute atomic E-state index is 0.0450. The number of hydrogen-bond acceptors (Lipinski definition) is 1. The predicted molar refractivity (Wildman–Crippen MR) is 111 cm³/mol. The second kappa shape index (κ2) is 6.34. The highest BCUT2D eigenvalue weighted by atomic mass is 15.3. The van der Waals surface area contributed by atoms with Gasteiger partial charge in [-0.25, -0.2) is 4.68 Å². The maximum atomic E-state index is 4.71. The summed E-state index contributed by atoms with van der Waals surface area (Å²) in [5, 5.41) is 5.87. The zero-order valence-electron chi connectivity index (χ0n) is 16.7. The number of rotatable bonds is 2. The summed E-state index contributed by atoms with van der Waals surface area (Å²) in [6, 6.07) is 19.3. The quantitative estimate of drug-likeness (QED) is 0.452. The second-order valence-electron chi connectivity index (χ2n) is 8.22. The summed E-state index contributed by atoms with van der Waals surface area (Å²) in [7, 11) is 0. The standard InChI is InChI=1S/C24H26N3/c1-17-10-8-9-13-26(17)22-14-20(24(3,4)5)15-23(18(22)2)27-21-12-7-6-11-19(21)16-25-27/h6-16H,1-5H3/q+1. The van der Waals surface area contributed by atoms with Gasteiger partial charge in [-0.05, 0) is 30.0 Å². The van der Waals surface area contributed by atoms with Gasteiger partial charge in [-0.15, -0.1) is 0 Å². The van der Waals surface area contributed by atoms with E-state index in [0.29, 0.717) is 0 Å². The summed E-state index contributed by atoms with van der Waals surface area (Å²) in [5.41, 5.74) is 7.24. The van der Waals surface area contributed by atoms with Crippen molar-refractivity contribution in [3.63, 3.8) is 0 Å². The Bertz CT molecular complexity index is 1130. The highest BCUT2D eigenvalue weighted by Gasteiger charge is 2.24. The van der Waals surface area contributed by atoms with Gasteiger partial charge in [-0.3, -0.25) is 0 Å². The molecular weight excluding hydrogens is 330 g/mol. The van der Waals surface area contributed by atoms with Gasteiger partial charge < -0.3 is 0 Å². The van der Waals surface area contributed by atoms with Crippen LogP contribution in [0.15, 0.2) is 67.0 Å². The monoisotopic (exact) mass is 356 g/mol. The van der Waals surface area contributed by atoms with Gasteiger partial charge in [0.25, 0.3) is 0 Å². The molecule has 0 saturated heterocycles. The summed E-state index contributed by atoms with van der Waals surface area (Å²) in [6.45, 7) is 11.1. The molecule has 0 aliphatic carbocycles. The zero-order chi connectivity index (χ0) is 19.2. The van der Waals surface area contributed by atoms with Crippen LogP contribution < -0.4 is 4.57 Å². The molecule has 2 aromatic carbocycles. The van der Waals surface area contributed by atoms with E-state index in [2.05, 4.69) is 105 Å². The molecular formula is C24H26N3+. The highest BCUT2D eigenvalue weighted by Crippen LogP contribution is 2.30. The first-order valence-corrected chi connectivity index (χ1v) is 9.42. The van der Waals surface area contributed by atoms with Crippen LogP contribution in [-0.4, -0.2) is 9.78 Å². The molecule has 0 fully saturated rings. The Morgan fingerprint density at radius 2 is 1.67 bits per heavy atom. The van der Waals surface area contributed by atoms with Crippen molar-refractivity contribution in [1.82, 2.24) is 9.78 Å². The van der Waals surface area contributed by atoms with Crippen molar-refractivity contribution in [3.05, 3.63) is 83.8 Å². The van der Waals surface area contributed by atoms with Gasteiger partial charge in [-0.1, -0.05) is 45.0 Å². The van der Waals surface area contributed by atoms with E-state index < -0.39 is 0 Å². The molecule has 0 aliphatic rings. The van der Waals surface area contributed by atoms with Gasteiger partial charge in [-0.2, -0.15) is 9.67 Å². The van der Waals surface area contributed by atoms with E-state index in [4.69, 9.17) is 5.10 Å². The van der Waals surface area contributed by atoms with Gasteiger partial charge >= 0.3 is 0 Å².